The number of benzene rings is 1. The van der Waals surface area contributed by atoms with Crippen molar-refractivity contribution in [2.45, 2.75) is 31.7 Å². The Kier molecular flexibility index (Phi) is 4.09. The minimum atomic E-state index is -0.155. The van der Waals surface area contributed by atoms with Gasteiger partial charge in [-0.25, -0.2) is 9.97 Å². The number of carbonyl (C=O) groups excluding carboxylic acids is 2. The van der Waals surface area contributed by atoms with Crippen molar-refractivity contribution in [1.82, 2.24) is 25.3 Å². The Labute approximate surface area is 160 Å². The molecule has 9 nitrogen and oxygen atoms in total. The average molecular weight is 379 g/mol. The number of hydrogen-bond donors (Lipinski definition) is 4. The number of amides is 2. The van der Waals surface area contributed by atoms with Crippen LogP contribution in [0.25, 0.3) is 21.9 Å². The molecule has 9 heteroatoms. The SMILES string of the molecule is O=C(Nc1cccc2c1[nH]c1ncnc(NN3CCCC3=O)c12)C1CCCN1. The molecule has 0 saturated carbocycles. The van der Waals surface area contributed by atoms with Crippen LogP contribution >= 0.6 is 0 Å². The number of aromatic amines is 1. The minimum Gasteiger partial charge on any atom is -0.337 e. The summed E-state index contributed by atoms with van der Waals surface area (Å²) in [6.45, 7) is 1.52. The first kappa shape index (κ1) is 16.9. The monoisotopic (exact) mass is 379 g/mol. The third kappa shape index (κ3) is 2.84. The van der Waals surface area contributed by atoms with Crippen LogP contribution in [-0.2, 0) is 9.59 Å². The fourth-order valence-electron chi connectivity index (χ4n) is 3.96. The molecule has 2 aliphatic rings. The van der Waals surface area contributed by atoms with Gasteiger partial charge < -0.3 is 15.6 Å². The number of aromatic nitrogens is 3. The Hall–Kier alpha value is -3.20. The Bertz CT molecular complexity index is 1070. The molecular weight excluding hydrogens is 358 g/mol. The quantitative estimate of drug-likeness (QED) is 0.549. The van der Waals surface area contributed by atoms with Crippen molar-refractivity contribution in [1.29, 1.82) is 0 Å². The van der Waals surface area contributed by atoms with Gasteiger partial charge in [0, 0.05) is 18.4 Å². The fourth-order valence-corrected chi connectivity index (χ4v) is 3.96. The summed E-state index contributed by atoms with van der Waals surface area (Å²) < 4.78 is 0. The van der Waals surface area contributed by atoms with Crippen molar-refractivity contribution < 1.29 is 9.59 Å². The normalized spacial score (nSPS) is 19.6. The summed E-state index contributed by atoms with van der Waals surface area (Å²) in [5.74, 6) is 0.604. The molecule has 28 heavy (non-hydrogen) atoms. The van der Waals surface area contributed by atoms with Gasteiger partial charge in [0.1, 0.15) is 12.0 Å². The van der Waals surface area contributed by atoms with Crippen LogP contribution < -0.4 is 16.1 Å². The van der Waals surface area contributed by atoms with E-state index in [2.05, 4.69) is 31.0 Å². The van der Waals surface area contributed by atoms with E-state index in [1.165, 1.54) is 6.33 Å². The Balaban J connectivity index is 1.54. The van der Waals surface area contributed by atoms with Gasteiger partial charge >= 0.3 is 0 Å². The number of fused-ring (bicyclic) bond motifs is 3. The molecule has 5 rings (SSSR count). The third-order valence-corrected chi connectivity index (χ3v) is 5.37. The number of carbonyl (C=O) groups is 2. The second kappa shape index (κ2) is 6.75. The first-order chi connectivity index (χ1) is 13.7. The number of rotatable bonds is 4. The van der Waals surface area contributed by atoms with Crippen molar-refractivity contribution in [3.63, 3.8) is 0 Å². The minimum absolute atomic E-state index is 0.0317. The van der Waals surface area contributed by atoms with E-state index in [9.17, 15) is 9.59 Å². The lowest BCUT2D eigenvalue weighted by atomic mass is 10.1. The molecule has 4 heterocycles. The van der Waals surface area contributed by atoms with Gasteiger partial charge in [0.2, 0.25) is 11.8 Å². The summed E-state index contributed by atoms with van der Waals surface area (Å²) in [7, 11) is 0. The molecule has 2 aliphatic heterocycles. The molecule has 2 amide bonds. The van der Waals surface area contributed by atoms with E-state index in [4.69, 9.17) is 0 Å². The van der Waals surface area contributed by atoms with Gasteiger partial charge in [-0.3, -0.25) is 20.0 Å². The molecule has 0 spiro atoms. The molecule has 1 atom stereocenters. The molecule has 0 bridgehead atoms. The third-order valence-electron chi connectivity index (χ3n) is 5.37. The average Bonchev–Trinajstić information content (AvgIpc) is 3.43. The molecule has 1 aromatic carbocycles. The van der Waals surface area contributed by atoms with Gasteiger partial charge in [-0.15, -0.1) is 0 Å². The molecule has 144 valence electrons. The lowest BCUT2D eigenvalue weighted by Gasteiger charge is -2.17. The van der Waals surface area contributed by atoms with Crippen LogP contribution in [-0.4, -0.2) is 50.9 Å². The van der Waals surface area contributed by atoms with E-state index in [0.29, 0.717) is 30.1 Å². The number of para-hydroxylation sites is 1. The van der Waals surface area contributed by atoms with E-state index in [1.807, 2.05) is 18.2 Å². The van der Waals surface area contributed by atoms with E-state index in [0.717, 1.165) is 42.1 Å². The van der Waals surface area contributed by atoms with E-state index in [1.54, 1.807) is 5.01 Å². The van der Waals surface area contributed by atoms with Crippen LogP contribution in [0.4, 0.5) is 11.5 Å². The maximum absolute atomic E-state index is 12.5. The van der Waals surface area contributed by atoms with Crippen LogP contribution in [0.2, 0.25) is 0 Å². The molecule has 3 aromatic rings. The van der Waals surface area contributed by atoms with Gasteiger partial charge in [-0.2, -0.15) is 0 Å². The summed E-state index contributed by atoms with van der Waals surface area (Å²) in [5, 5.41) is 9.52. The number of nitrogens with one attached hydrogen (secondary N) is 4. The number of anilines is 2. The maximum atomic E-state index is 12.5. The molecular formula is C19H21N7O2. The zero-order chi connectivity index (χ0) is 19.1. The highest BCUT2D eigenvalue weighted by Crippen LogP contribution is 2.33. The molecule has 2 saturated heterocycles. The molecule has 2 fully saturated rings. The van der Waals surface area contributed by atoms with Crippen LogP contribution in [0.3, 0.4) is 0 Å². The van der Waals surface area contributed by atoms with Gasteiger partial charge in [-0.05, 0) is 31.9 Å². The lowest BCUT2D eigenvalue weighted by Crippen LogP contribution is -2.35. The summed E-state index contributed by atoms with van der Waals surface area (Å²) in [6, 6.07) is 5.57. The van der Waals surface area contributed by atoms with Crippen molar-refractivity contribution in [3.05, 3.63) is 24.5 Å². The first-order valence-electron chi connectivity index (χ1n) is 9.57. The second-order valence-corrected chi connectivity index (χ2v) is 7.20. The highest BCUT2D eigenvalue weighted by atomic mass is 16.2. The van der Waals surface area contributed by atoms with Crippen LogP contribution in [0, 0.1) is 0 Å². The highest BCUT2D eigenvalue weighted by Gasteiger charge is 2.24. The van der Waals surface area contributed by atoms with Gasteiger partial charge in [-0.1, -0.05) is 12.1 Å². The largest absolute Gasteiger partial charge is 0.337 e. The summed E-state index contributed by atoms with van der Waals surface area (Å²) >= 11 is 0. The molecule has 1 unspecified atom stereocenters. The Morgan fingerprint density at radius 3 is 2.96 bits per heavy atom. The van der Waals surface area contributed by atoms with Crippen molar-refractivity contribution in [2.75, 3.05) is 23.8 Å². The summed E-state index contributed by atoms with van der Waals surface area (Å²) in [6.07, 6.45) is 4.69. The van der Waals surface area contributed by atoms with E-state index < -0.39 is 0 Å². The second-order valence-electron chi connectivity index (χ2n) is 7.20. The van der Waals surface area contributed by atoms with Crippen LogP contribution in [0.5, 0.6) is 0 Å². The predicted octanol–water partition coefficient (Wildman–Crippen LogP) is 1.75. The topological polar surface area (TPSA) is 115 Å². The van der Waals surface area contributed by atoms with Crippen molar-refractivity contribution >= 4 is 45.3 Å². The summed E-state index contributed by atoms with van der Waals surface area (Å²) in [5.41, 5.74) is 5.28. The molecule has 4 N–H and O–H groups in total. The van der Waals surface area contributed by atoms with Crippen molar-refractivity contribution in [2.24, 2.45) is 0 Å². The zero-order valence-corrected chi connectivity index (χ0v) is 15.3. The molecule has 0 radical (unpaired) electrons. The number of nitrogens with zero attached hydrogens (tertiary/aromatic N) is 3. The zero-order valence-electron chi connectivity index (χ0n) is 15.3. The Morgan fingerprint density at radius 2 is 2.18 bits per heavy atom. The highest BCUT2D eigenvalue weighted by molar-refractivity contribution is 6.16. The van der Waals surface area contributed by atoms with Gasteiger partial charge in [0.25, 0.3) is 0 Å². The van der Waals surface area contributed by atoms with E-state index >= 15 is 0 Å². The van der Waals surface area contributed by atoms with Crippen molar-refractivity contribution in [3.8, 4) is 0 Å². The number of hydrazine groups is 1. The van der Waals surface area contributed by atoms with Gasteiger partial charge in [0.15, 0.2) is 5.82 Å². The fraction of sp³-hybridized carbons (Fsp3) is 0.368. The van der Waals surface area contributed by atoms with Gasteiger partial charge in [0.05, 0.1) is 22.6 Å². The lowest BCUT2D eigenvalue weighted by molar-refractivity contribution is -0.126. The number of H-pyrrole nitrogens is 1. The van der Waals surface area contributed by atoms with Crippen LogP contribution in [0.15, 0.2) is 24.5 Å². The smallest absolute Gasteiger partial charge is 0.241 e. The predicted molar refractivity (Wildman–Crippen MR) is 106 cm³/mol. The number of hydrogen-bond acceptors (Lipinski definition) is 6. The summed E-state index contributed by atoms with van der Waals surface area (Å²) in [4.78, 5) is 36.5. The maximum Gasteiger partial charge on any atom is 0.241 e. The van der Waals surface area contributed by atoms with E-state index in [-0.39, 0.29) is 17.9 Å². The van der Waals surface area contributed by atoms with Crippen LogP contribution in [0.1, 0.15) is 25.7 Å². The molecule has 2 aromatic heterocycles. The Morgan fingerprint density at radius 1 is 1.25 bits per heavy atom. The first-order valence-corrected chi connectivity index (χ1v) is 9.57. The standard InChI is InChI=1S/C19H21N7O2/c27-14-7-3-9-26(14)25-18-15-11-4-1-5-12(16(11)24-17(15)21-10-22-18)23-19(28)13-6-2-8-20-13/h1,4-5,10,13,20H,2-3,6-9H2,(H,23,28)(H2,21,22,24,25). The molecule has 0 aliphatic carbocycles.